The quantitative estimate of drug-likeness (QED) is 0.784. The highest BCUT2D eigenvalue weighted by Gasteiger charge is 2.22. The van der Waals surface area contributed by atoms with Crippen molar-refractivity contribution in [3.05, 3.63) is 23.7 Å². The van der Waals surface area contributed by atoms with E-state index in [1.165, 1.54) is 0 Å². The molecule has 3 heterocycles. The van der Waals surface area contributed by atoms with Crippen molar-refractivity contribution in [3.8, 4) is 0 Å². The van der Waals surface area contributed by atoms with Crippen molar-refractivity contribution in [1.29, 1.82) is 0 Å². The van der Waals surface area contributed by atoms with Gasteiger partial charge in [0.15, 0.2) is 5.65 Å². The molecule has 0 spiro atoms. The van der Waals surface area contributed by atoms with Gasteiger partial charge < -0.3 is 9.30 Å². The van der Waals surface area contributed by atoms with Gasteiger partial charge >= 0.3 is 0 Å². The molecule has 1 aliphatic rings. The highest BCUT2D eigenvalue weighted by Crippen LogP contribution is 2.26. The first-order valence-corrected chi connectivity index (χ1v) is 6.81. The number of nitrogens with zero attached hydrogens (tertiary/aromatic N) is 3. The molecule has 2 aromatic rings. The third-order valence-corrected chi connectivity index (χ3v) is 3.61. The molecule has 0 aliphatic carbocycles. The third-order valence-electron chi connectivity index (χ3n) is 3.37. The van der Waals surface area contributed by atoms with E-state index in [2.05, 4.69) is 14.5 Å². The highest BCUT2D eigenvalue weighted by atomic mass is 35.5. The van der Waals surface area contributed by atoms with Crippen LogP contribution in [0.1, 0.15) is 30.4 Å². The lowest BCUT2D eigenvalue weighted by Crippen LogP contribution is -2.22. The SMILES string of the molecule is Cc1ccc2nc(CCl)n(C3CCCOC3)c2n1. The van der Waals surface area contributed by atoms with Crippen LogP contribution in [0.25, 0.3) is 11.2 Å². The summed E-state index contributed by atoms with van der Waals surface area (Å²) in [6.07, 6.45) is 2.18. The maximum absolute atomic E-state index is 6.01. The summed E-state index contributed by atoms with van der Waals surface area (Å²) in [6, 6.07) is 4.30. The van der Waals surface area contributed by atoms with Gasteiger partial charge in [-0.25, -0.2) is 9.97 Å². The zero-order valence-electron chi connectivity index (χ0n) is 10.4. The molecule has 5 heteroatoms. The molecule has 18 heavy (non-hydrogen) atoms. The van der Waals surface area contributed by atoms with Gasteiger partial charge in [0.25, 0.3) is 0 Å². The van der Waals surface area contributed by atoms with E-state index < -0.39 is 0 Å². The summed E-state index contributed by atoms with van der Waals surface area (Å²) in [7, 11) is 0. The number of alkyl halides is 1. The summed E-state index contributed by atoms with van der Waals surface area (Å²) >= 11 is 6.01. The molecule has 1 fully saturated rings. The number of pyridine rings is 1. The normalized spacial score (nSPS) is 20.4. The summed E-state index contributed by atoms with van der Waals surface area (Å²) in [4.78, 5) is 9.17. The van der Waals surface area contributed by atoms with Crippen LogP contribution in [-0.4, -0.2) is 27.7 Å². The highest BCUT2D eigenvalue weighted by molar-refractivity contribution is 6.16. The lowest BCUT2D eigenvalue weighted by molar-refractivity contribution is 0.0595. The standard InChI is InChI=1S/C13H16ClN3O/c1-9-4-5-11-13(15-9)17(12(7-14)16-11)10-3-2-6-18-8-10/h4-5,10H,2-3,6-8H2,1H3. The first-order valence-electron chi connectivity index (χ1n) is 6.28. The number of fused-ring (bicyclic) bond motifs is 1. The summed E-state index contributed by atoms with van der Waals surface area (Å²) < 4.78 is 7.73. The average Bonchev–Trinajstić information content (AvgIpc) is 2.77. The minimum atomic E-state index is 0.312. The van der Waals surface area contributed by atoms with E-state index in [1.54, 1.807) is 0 Å². The van der Waals surface area contributed by atoms with Crippen LogP contribution in [-0.2, 0) is 10.6 Å². The van der Waals surface area contributed by atoms with Crippen LogP contribution >= 0.6 is 11.6 Å². The van der Waals surface area contributed by atoms with Crippen LogP contribution in [0.2, 0.25) is 0 Å². The molecule has 96 valence electrons. The Morgan fingerprint density at radius 3 is 3.06 bits per heavy atom. The fourth-order valence-electron chi connectivity index (χ4n) is 2.52. The molecular weight excluding hydrogens is 250 g/mol. The molecule has 0 saturated carbocycles. The maximum atomic E-state index is 6.01. The van der Waals surface area contributed by atoms with Crippen molar-refractivity contribution in [2.45, 2.75) is 31.7 Å². The Morgan fingerprint density at radius 1 is 1.44 bits per heavy atom. The number of hydrogen-bond acceptors (Lipinski definition) is 3. The zero-order valence-corrected chi connectivity index (χ0v) is 11.2. The number of aromatic nitrogens is 3. The van der Waals surface area contributed by atoms with Gasteiger partial charge in [-0.2, -0.15) is 0 Å². The topological polar surface area (TPSA) is 39.9 Å². The van der Waals surface area contributed by atoms with Crippen LogP contribution in [0.4, 0.5) is 0 Å². The van der Waals surface area contributed by atoms with Crippen LogP contribution < -0.4 is 0 Å². The largest absolute Gasteiger partial charge is 0.379 e. The summed E-state index contributed by atoms with van der Waals surface area (Å²) in [5.74, 6) is 1.30. The van der Waals surface area contributed by atoms with E-state index in [4.69, 9.17) is 16.3 Å². The smallest absolute Gasteiger partial charge is 0.160 e. The molecule has 1 aliphatic heterocycles. The maximum Gasteiger partial charge on any atom is 0.160 e. The van der Waals surface area contributed by atoms with E-state index in [-0.39, 0.29) is 0 Å². The zero-order chi connectivity index (χ0) is 12.5. The van der Waals surface area contributed by atoms with Crippen molar-refractivity contribution < 1.29 is 4.74 Å². The molecule has 1 atom stereocenters. The Hall–Kier alpha value is -1.13. The van der Waals surface area contributed by atoms with Gasteiger partial charge in [0.1, 0.15) is 11.3 Å². The molecule has 1 unspecified atom stereocenters. The van der Waals surface area contributed by atoms with Crippen LogP contribution in [0, 0.1) is 6.92 Å². The van der Waals surface area contributed by atoms with Crippen molar-refractivity contribution in [1.82, 2.24) is 14.5 Å². The number of rotatable bonds is 2. The molecule has 0 bridgehead atoms. The van der Waals surface area contributed by atoms with Gasteiger partial charge in [-0.3, -0.25) is 0 Å². The molecule has 0 radical (unpaired) electrons. The van der Waals surface area contributed by atoms with Gasteiger partial charge in [0.05, 0.1) is 18.5 Å². The van der Waals surface area contributed by atoms with E-state index in [1.807, 2.05) is 19.1 Å². The molecular formula is C13H16ClN3O. The van der Waals surface area contributed by atoms with E-state index >= 15 is 0 Å². The fourth-order valence-corrected chi connectivity index (χ4v) is 2.71. The first-order chi connectivity index (χ1) is 8.79. The van der Waals surface area contributed by atoms with E-state index in [0.717, 1.165) is 48.7 Å². The fraction of sp³-hybridized carbons (Fsp3) is 0.538. The predicted octanol–water partition coefficient (Wildman–Crippen LogP) is 2.83. The van der Waals surface area contributed by atoms with Gasteiger partial charge in [0.2, 0.25) is 0 Å². The molecule has 0 amide bonds. The van der Waals surface area contributed by atoms with Crippen molar-refractivity contribution in [2.75, 3.05) is 13.2 Å². The Kier molecular flexibility index (Phi) is 3.22. The second-order valence-electron chi connectivity index (χ2n) is 4.70. The Morgan fingerprint density at radius 2 is 2.33 bits per heavy atom. The number of halogens is 1. The minimum absolute atomic E-state index is 0.312. The van der Waals surface area contributed by atoms with Gasteiger partial charge in [0, 0.05) is 12.3 Å². The molecule has 0 N–H and O–H groups in total. The van der Waals surface area contributed by atoms with Crippen LogP contribution in [0.3, 0.4) is 0 Å². The van der Waals surface area contributed by atoms with Crippen molar-refractivity contribution in [3.63, 3.8) is 0 Å². The summed E-state index contributed by atoms with van der Waals surface area (Å²) in [6.45, 7) is 3.57. The number of hydrogen-bond donors (Lipinski definition) is 0. The molecule has 2 aromatic heterocycles. The molecule has 0 aromatic carbocycles. The number of ether oxygens (including phenoxy) is 1. The van der Waals surface area contributed by atoms with E-state index in [0.29, 0.717) is 11.9 Å². The predicted molar refractivity (Wildman–Crippen MR) is 70.9 cm³/mol. The second kappa shape index (κ2) is 4.86. The lowest BCUT2D eigenvalue weighted by atomic mass is 10.1. The Balaban J connectivity index is 2.14. The Labute approximate surface area is 111 Å². The van der Waals surface area contributed by atoms with Gasteiger partial charge in [-0.15, -0.1) is 11.6 Å². The monoisotopic (exact) mass is 265 g/mol. The first kappa shape index (κ1) is 11.9. The van der Waals surface area contributed by atoms with E-state index in [9.17, 15) is 0 Å². The molecule has 4 nitrogen and oxygen atoms in total. The van der Waals surface area contributed by atoms with Crippen molar-refractivity contribution >= 4 is 22.8 Å². The van der Waals surface area contributed by atoms with Crippen LogP contribution in [0.15, 0.2) is 12.1 Å². The van der Waals surface area contributed by atoms with Gasteiger partial charge in [-0.1, -0.05) is 0 Å². The number of aryl methyl sites for hydroxylation is 1. The minimum Gasteiger partial charge on any atom is -0.379 e. The molecule has 1 saturated heterocycles. The second-order valence-corrected chi connectivity index (χ2v) is 4.97. The van der Waals surface area contributed by atoms with Gasteiger partial charge in [-0.05, 0) is 31.9 Å². The Bertz CT molecular complexity index is 561. The third kappa shape index (κ3) is 1.99. The summed E-state index contributed by atoms with van der Waals surface area (Å²) in [5, 5.41) is 0. The van der Waals surface area contributed by atoms with Crippen molar-refractivity contribution in [2.24, 2.45) is 0 Å². The average molecular weight is 266 g/mol. The van der Waals surface area contributed by atoms with Crippen LogP contribution in [0.5, 0.6) is 0 Å². The summed E-state index contributed by atoms with van der Waals surface area (Å²) in [5.41, 5.74) is 2.85. The lowest BCUT2D eigenvalue weighted by Gasteiger charge is -2.25. The number of imidazole rings is 1. The molecule has 3 rings (SSSR count).